The summed E-state index contributed by atoms with van der Waals surface area (Å²) in [4.78, 5) is 15.2. The highest BCUT2D eigenvalue weighted by atomic mass is 16.5. The van der Waals surface area contributed by atoms with Gasteiger partial charge < -0.3 is 9.64 Å². The predicted octanol–water partition coefficient (Wildman–Crippen LogP) is 4.00. The highest BCUT2D eigenvalue weighted by Gasteiger charge is 2.25. The standard InChI is InChI=1S/C23H25N3O2/c1-18-15-22(24-26(18)20-11-6-3-7-12-20)23(27)25(17-21-13-8-14-28-21)16-19-9-4-2-5-10-19/h2-7,9-12,15,21H,8,13-14,16-17H2,1H3. The first-order chi connectivity index (χ1) is 13.7. The van der Waals surface area contributed by atoms with Crippen molar-refractivity contribution < 1.29 is 9.53 Å². The zero-order valence-electron chi connectivity index (χ0n) is 16.1. The molecule has 1 saturated heterocycles. The molecule has 1 unspecified atom stereocenters. The zero-order valence-corrected chi connectivity index (χ0v) is 16.1. The fourth-order valence-corrected chi connectivity index (χ4v) is 3.63. The van der Waals surface area contributed by atoms with E-state index in [9.17, 15) is 4.79 Å². The van der Waals surface area contributed by atoms with Crippen LogP contribution in [0, 0.1) is 6.92 Å². The molecular formula is C23H25N3O2. The van der Waals surface area contributed by atoms with Crippen molar-refractivity contribution in [3.05, 3.63) is 83.7 Å². The number of aromatic nitrogens is 2. The number of benzene rings is 2. The molecule has 3 aromatic rings. The molecule has 1 aliphatic heterocycles. The molecule has 0 saturated carbocycles. The summed E-state index contributed by atoms with van der Waals surface area (Å²) >= 11 is 0. The first kappa shape index (κ1) is 18.4. The van der Waals surface area contributed by atoms with E-state index in [4.69, 9.17) is 4.74 Å². The second kappa shape index (κ2) is 8.40. The number of hydrogen-bond acceptors (Lipinski definition) is 3. The van der Waals surface area contributed by atoms with E-state index in [0.717, 1.165) is 36.4 Å². The van der Waals surface area contributed by atoms with Gasteiger partial charge in [0.1, 0.15) is 0 Å². The van der Waals surface area contributed by atoms with Crippen LogP contribution in [0.4, 0.5) is 0 Å². The van der Waals surface area contributed by atoms with Crippen molar-refractivity contribution in [2.45, 2.75) is 32.4 Å². The summed E-state index contributed by atoms with van der Waals surface area (Å²) in [5, 5.41) is 4.60. The topological polar surface area (TPSA) is 47.4 Å². The lowest BCUT2D eigenvalue weighted by molar-refractivity contribution is 0.0502. The van der Waals surface area contributed by atoms with Crippen molar-refractivity contribution >= 4 is 5.91 Å². The summed E-state index contributed by atoms with van der Waals surface area (Å²) in [6.45, 7) is 3.89. The molecule has 0 N–H and O–H groups in total. The number of para-hydroxylation sites is 1. The molecule has 0 aliphatic carbocycles. The molecular weight excluding hydrogens is 350 g/mol. The number of aryl methyl sites for hydroxylation is 1. The van der Waals surface area contributed by atoms with Crippen molar-refractivity contribution in [1.29, 1.82) is 0 Å². The van der Waals surface area contributed by atoms with Crippen LogP contribution >= 0.6 is 0 Å². The Morgan fingerprint density at radius 1 is 1.14 bits per heavy atom. The summed E-state index contributed by atoms with van der Waals surface area (Å²) in [5.41, 5.74) is 3.46. The van der Waals surface area contributed by atoms with Crippen LogP contribution in [0.5, 0.6) is 0 Å². The number of rotatable bonds is 6. The van der Waals surface area contributed by atoms with Gasteiger partial charge in [-0.05, 0) is 43.5 Å². The number of carbonyl (C=O) groups excluding carboxylic acids is 1. The summed E-state index contributed by atoms with van der Waals surface area (Å²) in [7, 11) is 0. The Kier molecular flexibility index (Phi) is 5.53. The zero-order chi connectivity index (χ0) is 19.3. The van der Waals surface area contributed by atoms with Crippen LogP contribution in [0.15, 0.2) is 66.7 Å². The molecule has 1 atom stereocenters. The van der Waals surface area contributed by atoms with Gasteiger partial charge in [0.15, 0.2) is 5.69 Å². The van der Waals surface area contributed by atoms with E-state index in [0.29, 0.717) is 18.8 Å². The maximum absolute atomic E-state index is 13.3. The molecule has 144 valence electrons. The molecule has 2 heterocycles. The van der Waals surface area contributed by atoms with Gasteiger partial charge in [-0.3, -0.25) is 4.79 Å². The van der Waals surface area contributed by atoms with Gasteiger partial charge in [0.2, 0.25) is 0 Å². The Morgan fingerprint density at radius 2 is 1.86 bits per heavy atom. The molecule has 1 amide bonds. The molecule has 28 heavy (non-hydrogen) atoms. The molecule has 0 radical (unpaired) electrons. The molecule has 1 aliphatic rings. The Balaban J connectivity index is 1.59. The van der Waals surface area contributed by atoms with Crippen molar-refractivity contribution in [3.8, 4) is 5.69 Å². The summed E-state index contributed by atoms with van der Waals surface area (Å²) in [6, 6.07) is 21.8. The first-order valence-corrected chi connectivity index (χ1v) is 9.77. The SMILES string of the molecule is Cc1cc(C(=O)N(Cc2ccccc2)CC2CCCO2)nn1-c1ccccc1. The van der Waals surface area contributed by atoms with Crippen molar-refractivity contribution in [2.75, 3.05) is 13.2 Å². The normalized spacial score (nSPS) is 16.2. The van der Waals surface area contributed by atoms with Crippen molar-refractivity contribution in [3.63, 3.8) is 0 Å². The number of ether oxygens (including phenoxy) is 1. The van der Waals surface area contributed by atoms with E-state index in [1.807, 2.05) is 83.2 Å². The molecule has 0 bridgehead atoms. The minimum Gasteiger partial charge on any atom is -0.376 e. The highest BCUT2D eigenvalue weighted by molar-refractivity contribution is 5.92. The third-order valence-electron chi connectivity index (χ3n) is 5.06. The molecule has 5 nitrogen and oxygen atoms in total. The second-order valence-electron chi connectivity index (χ2n) is 7.22. The van der Waals surface area contributed by atoms with Crippen LogP contribution in [0.1, 0.15) is 34.6 Å². The molecule has 0 spiro atoms. The minimum atomic E-state index is -0.0582. The molecule has 1 fully saturated rings. The fraction of sp³-hybridized carbons (Fsp3) is 0.304. The quantitative estimate of drug-likeness (QED) is 0.654. The van der Waals surface area contributed by atoms with E-state index < -0.39 is 0 Å². The maximum atomic E-state index is 13.3. The van der Waals surface area contributed by atoms with Gasteiger partial charge in [0, 0.05) is 25.4 Å². The summed E-state index contributed by atoms with van der Waals surface area (Å²) in [6.07, 6.45) is 2.15. The lowest BCUT2D eigenvalue weighted by Gasteiger charge is -2.25. The molecule has 5 heteroatoms. The van der Waals surface area contributed by atoms with E-state index >= 15 is 0 Å². The van der Waals surface area contributed by atoms with E-state index in [-0.39, 0.29) is 12.0 Å². The molecule has 2 aromatic carbocycles. The van der Waals surface area contributed by atoms with Crippen LogP contribution in [-0.2, 0) is 11.3 Å². The average Bonchev–Trinajstić information content (AvgIpc) is 3.38. The van der Waals surface area contributed by atoms with Gasteiger partial charge in [-0.25, -0.2) is 4.68 Å². The van der Waals surface area contributed by atoms with Gasteiger partial charge in [0.25, 0.3) is 5.91 Å². The number of hydrogen-bond donors (Lipinski definition) is 0. The van der Waals surface area contributed by atoms with Gasteiger partial charge in [-0.15, -0.1) is 0 Å². The van der Waals surface area contributed by atoms with Gasteiger partial charge in [-0.2, -0.15) is 5.10 Å². The smallest absolute Gasteiger partial charge is 0.274 e. The summed E-state index contributed by atoms with van der Waals surface area (Å²) in [5.74, 6) is -0.0582. The maximum Gasteiger partial charge on any atom is 0.274 e. The number of nitrogens with zero attached hydrogens (tertiary/aromatic N) is 3. The van der Waals surface area contributed by atoms with Crippen LogP contribution in [0.25, 0.3) is 5.69 Å². The van der Waals surface area contributed by atoms with Crippen LogP contribution in [0.3, 0.4) is 0 Å². The number of carbonyl (C=O) groups is 1. The Bertz CT molecular complexity index is 916. The Hall–Kier alpha value is -2.92. The summed E-state index contributed by atoms with van der Waals surface area (Å²) < 4.78 is 7.61. The fourth-order valence-electron chi connectivity index (χ4n) is 3.63. The van der Waals surface area contributed by atoms with E-state index in [1.54, 1.807) is 0 Å². The lowest BCUT2D eigenvalue weighted by Crippen LogP contribution is -2.37. The van der Waals surface area contributed by atoms with Crippen LogP contribution < -0.4 is 0 Å². The predicted molar refractivity (Wildman–Crippen MR) is 108 cm³/mol. The van der Waals surface area contributed by atoms with E-state index in [2.05, 4.69) is 5.10 Å². The van der Waals surface area contributed by atoms with Crippen molar-refractivity contribution in [2.24, 2.45) is 0 Å². The van der Waals surface area contributed by atoms with Crippen molar-refractivity contribution in [1.82, 2.24) is 14.7 Å². The third-order valence-corrected chi connectivity index (χ3v) is 5.06. The van der Waals surface area contributed by atoms with Gasteiger partial charge >= 0.3 is 0 Å². The highest BCUT2D eigenvalue weighted by Crippen LogP contribution is 2.18. The van der Waals surface area contributed by atoms with Crippen LogP contribution in [-0.4, -0.2) is 39.8 Å². The third kappa shape index (κ3) is 4.15. The van der Waals surface area contributed by atoms with Gasteiger partial charge in [0.05, 0.1) is 11.8 Å². The monoisotopic (exact) mass is 375 g/mol. The Labute approximate surface area is 165 Å². The Morgan fingerprint density at radius 3 is 2.54 bits per heavy atom. The molecule has 4 rings (SSSR count). The molecule has 1 aromatic heterocycles. The minimum absolute atomic E-state index is 0.0582. The second-order valence-corrected chi connectivity index (χ2v) is 7.22. The first-order valence-electron chi connectivity index (χ1n) is 9.77. The number of amides is 1. The van der Waals surface area contributed by atoms with Crippen LogP contribution in [0.2, 0.25) is 0 Å². The average molecular weight is 375 g/mol. The van der Waals surface area contributed by atoms with E-state index in [1.165, 1.54) is 0 Å². The lowest BCUT2D eigenvalue weighted by atomic mass is 10.1. The van der Waals surface area contributed by atoms with Gasteiger partial charge in [-0.1, -0.05) is 48.5 Å². The largest absolute Gasteiger partial charge is 0.376 e.